The van der Waals surface area contributed by atoms with Crippen LogP contribution in [0.5, 0.6) is 5.75 Å². The van der Waals surface area contributed by atoms with E-state index in [1.165, 1.54) is 15.9 Å². The highest BCUT2D eigenvalue weighted by molar-refractivity contribution is 7.15. The second-order valence-corrected chi connectivity index (χ2v) is 7.96. The van der Waals surface area contributed by atoms with Gasteiger partial charge in [0, 0.05) is 10.4 Å². The number of para-hydroxylation sites is 1. The lowest BCUT2D eigenvalue weighted by Crippen LogP contribution is -2.24. The summed E-state index contributed by atoms with van der Waals surface area (Å²) in [5.41, 5.74) is 1.81. The summed E-state index contributed by atoms with van der Waals surface area (Å²) in [4.78, 5) is 18.8. The van der Waals surface area contributed by atoms with Crippen LogP contribution in [0.1, 0.15) is 16.3 Å². The highest BCUT2D eigenvalue weighted by Crippen LogP contribution is 2.26. The van der Waals surface area contributed by atoms with E-state index in [2.05, 4.69) is 10.1 Å². The summed E-state index contributed by atoms with van der Waals surface area (Å²) < 4.78 is 7.72. The van der Waals surface area contributed by atoms with Crippen LogP contribution >= 0.6 is 22.7 Å². The smallest absolute Gasteiger partial charge is 0.291 e. The van der Waals surface area contributed by atoms with Gasteiger partial charge in [0.2, 0.25) is 4.96 Å². The number of nitrogens with zero attached hydrogens (tertiary/aromatic N) is 3. The van der Waals surface area contributed by atoms with Gasteiger partial charge in [0.25, 0.3) is 5.56 Å². The van der Waals surface area contributed by atoms with E-state index in [4.69, 9.17) is 4.74 Å². The predicted octanol–water partition coefficient (Wildman–Crippen LogP) is 3.36. The van der Waals surface area contributed by atoms with E-state index < -0.39 is 0 Å². The second kappa shape index (κ2) is 6.61. The van der Waals surface area contributed by atoms with Gasteiger partial charge >= 0.3 is 0 Å². The molecule has 1 aliphatic rings. The minimum Gasteiger partial charge on any atom is -0.488 e. The molecule has 1 aromatic carbocycles. The monoisotopic (exact) mass is 391 g/mol. The lowest BCUT2D eigenvalue weighted by molar-refractivity contribution is 0.352. The first-order valence-corrected chi connectivity index (χ1v) is 10.0. The normalized spacial score (nSPS) is 14.5. The van der Waals surface area contributed by atoms with Crippen molar-refractivity contribution in [3.05, 3.63) is 78.5 Å². The zero-order valence-corrected chi connectivity index (χ0v) is 15.7. The summed E-state index contributed by atoms with van der Waals surface area (Å²) >= 11 is 2.98. The van der Waals surface area contributed by atoms with Gasteiger partial charge in [-0.1, -0.05) is 35.6 Å². The van der Waals surface area contributed by atoms with Crippen LogP contribution in [-0.4, -0.2) is 21.2 Å². The van der Waals surface area contributed by atoms with Gasteiger partial charge in [0.15, 0.2) is 5.82 Å². The number of thiazole rings is 1. The van der Waals surface area contributed by atoms with Gasteiger partial charge in [-0.3, -0.25) is 4.79 Å². The molecule has 5 nitrogen and oxygen atoms in total. The van der Waals surface area contributed by atoms with Crippen molar-refractivity contribution < 1.29 is 4.74 Å². The molecular formula is C20H13N3O2S2. The van der Waals surface area contributed by atoms with Crippen LogP contribution in [0.2, 0.25) is 0 Å². The number of rotatable bonds is 3. The van der Waals surface area contributed by atoms with Crippen molar-refractivity contribution in [3.8, 4) is 5.75 Å². The number of hydrogen-bond donors (Lipinski definition) is 0. The van der Waals surface area contributed by atoms with E-state index in [0.29, 0.717) is 21.9 Å². The molecule has 7 heteroatoms. The lowest BCUT2D eigenvalue weighted by Gasteiger charge is -2.15. The summed E-state index contributed by atoms with van der Waals surface area (Å²) in [5, 5.41) is 6.32. The van der Waals surface area contributed by atoms with E-state index in [1.54, 1.807) is 11.3 Å². The Bertz CT molecular complexity index is 1300. The average molecular weight is 391 g/mol. The van der Waals surface area contributed by atoms with Gasteiger partial charge in [0.05, 0.1) is 4.53 Å². The Labute approximate surface area is 162 Å². The first-order valence-electron chi connectivity index (χ1n) is 8.31. The molecule has 5 rings (SSSR count). The molecule has 0 N–H and O–H groups in total. The van der Waals surface area contributed by atoms with Crippen LogP contribution in [0.15, 0.2) is 52.1 Å². The maximum absolute atomic E-state index is 12.6. The van der Waals surface area contributed by atoms with Gasteiger partial charge < -0.3 is 4.74 Å². The molecule has 4 heterocycles. The minimum absolute atomic E-state index is 0.155. The SMILES string of the molecule is O=c1/c(=C/C2=Cc3ccccc3OC2)sc2nc(/C=C/c3cccs3)nn12. The molecule has 0 amide bonds. The number of fused-ring (bicyclic) bond motifs is 2. The third-order valence-corrected chi connectivity index (χ3v) is 5.91. The minimum atomic E-state index is -0.155. The first-order chi connectivity index (χ1) is 13.3. The van der Waals surface area contributed by atoms with Crippen molar-refractivity contribution in [2.45, 2.75) is 0 Å². The Morgan fingerprint density at radius 2 is 2.07 bits per heavy atom. The summed E-state index contributed by atoms with van der Waals surface area (Å²) in [6, 6.07) is 11.9. The quantitative estimate of drug-likeness (QED) is 0.537. The van der Waals surface area contributed by atoms with E-state index >= 15 is 0 Å². The van der Waals surface area contributed by atoms with E-state index in [-0.39, 0.29) is 5.56 Å². The second-order valence-electron chi connectivity index (χ2n) is 5.97. The van der Waals surface area contributed by atoms with E-state index in [1.807, 2.05) is 66.1 Å². The van der Waals surface area contributed by atoms with E-state index in [0.717, 1.165) is 21.8 Å². The molecule has 3 aromatic heterocycles. The highest BCUT2D eigenvalue weighted by Gasteiger charge is 2.12. The van der Waals surface area contributed by atoms with Crippen LogP contribution in [0.4, 0.5) is 0 Å². The fourth-order valence-corrected chi connectivity index (χ4v) is 4.40. The van der Waals surface area contributed by atoms with Crippen LogP contribution in [0.25, 0.3) is 29.3 Å². The maximum Gasteiger partial charge on any atom is 0.291 e. The molecule has 0 saturated heterocycles. The third-order valence-electron chi connectivity index (χ3n) is 4.11. The summed E-state index contributed by atoms with van der Waals surface area (Å²) in [7, 11) is 0. The van der Waals surface area contributed by atoms with Crippen LogP contribution in [-0.2, 0) is 0 Å². The predicted molar refractivity (Wildman–Crippen MR) is 110 cm³/mol. The molecule has 0 unspecified atom stereocenters. The van der Waals surface area contributed by atoms with Crippen molar-refractivity contribution in [3.63, 3.8) is 0 Å². The van der Waals surface area contributed by atoms with Gasteiger partial charge in [-0.15, -0.1) is 16.4 Å². The highest BCUT2D eigenvalue weighted by atomic mass is 32.1. The van der Waals surface area contributed by atoms with Crippen LogP contribution in [0, 0.1) is 0 Å². The lowest BCUT2D eigenvalue weighted by atomic mass is 10.1. The van der Waals surface area contributed by atoms with Gasteiger partial charge in [-0.05, 0) is 47.4 Å². The molecule has 27 heavy (non-hydrogen) atoms. The molecule has 0 radical (unpaired) electrons. The maximum atomic E-state index is 12.6. The summed E-state index contributed by atoms with van der Waals surface area (Å²) in [5.74, 6) is 1.40. The van der Waals surface area contributed by atoms with Gasteiger partial charge in [-0.25, -0.2) is 0 Å². The number of hydrogen-bond acceptors (Lipinski definition) is 6. The van der Waals surface area contributed by atoms with Crippen LogP contribution < -0.4 is 14.8 Å². The first kappa shape index (κ1) is 16.2. The zero-order chi connectivity index (χ0) is 18.2. The number of thiophene rings is 1. The Morgan fingerprint density at radius 1 is 1.15 bits per heavy atom. The van der Waals surface area contributed by atoms with Crippen LogP contribution in [0.3, 0.4) is 0 Å². The summed E-state index contributed by atoms with van der Waals surface area (Å²) in [6.45, 7) is 0.443. The van der Waals surface area contributed by atoms with Gasteiger partial charge in [-0.2, -0.15) is 9.50 Å². The van der Waals surface area contributed by atoms with Crippen molar-refractivity contribution >= 4 is 51.9 Å². The number of benzene rings is 1. The van der Waals surface area contributed by atoms with E-state index in [9.17, 15) is 4.79 Å². The standard InChI is InChI=1S/C20H13N3O2S2/c24-19-17(11-13-10-14-4-1-2-6-16(14)25-12-13)27-20-21-18(22-23(19)20)8-7-15-5-3-9-26-15/h1-11H,12H2/b8-7+,17-11-. The van der Waals surface area contributed by atoms with Crippen molar-refractivity contribution in [1.82, 2.24) is 14.6 Å². The Hall–Kier alpha value is -3.03. The molecule has 1 aliphatic heterocycles. The fourth-order valence-electron chi connectivity index (χ4n) is 2.85. The van der Waals surface area contributed by atoms with Crippen molar-refractivity contribution in [2.75, 3.05) is 6.61 Å². The van der Waals surface area contributed by atoms with Crippen molar-refractivity contribution in [2.24, 2.45) is 0 Å². The Balaban J connectivity index is 1.49. The molecule has 0 bridgehead atoms. The molecule has 0 atom stereocenters. The largest absolute Gasteiger partial charge is 0.488 e. The molecule has 0 saturated carbocycles. The molecule has 0 fully saturated rings. The number of ether oxygens (including phenoxy) is 1. The Morgan fingerprint density at radius 3 is 2.93 bits per heavy atom. The molecule has 4 aromatic rings. The Kier molecular flexibility index (Phi) is 3.95. The number of aromatic nitrogens is 3. The molecule has 132 valence electrons. The average Bonchev–Trinajstić information content (AvgIpc) is 3.40. The molecule has 0 aliphatic carbocycles. The molecular weight excluding hydrogens is 378 g/mol. The molecule has 0 spiro atoms. The fraction of sp³-hybridized carbons (Fsp3) is 0.0500. The third kappa shape index (κ3) is 3.11. The van der Waals surface area contributed by atoms with Gasteiger partial charge in [0.1, 0.15) is 12.4 Å². The summed E-state index contributed by atoms with van der Waals surface area (Å²) in [6.07, 6.45) is 7.68. The zero-order valence-electron chi connectivity index (χ0n) is 14.0. The topological polar surface area (TPSA) is 56.5 Å². The van der Waals surface area contributed by atoms with Crippen molar-refractivity contribution in [1.29, 1.82) is 0 Å².